The molecule has 0 amide bonds. The van der Waals surface area contributed by atoms with Crippen molar-refractivity contribution in [3.8, 4) is 0 Å². The zero-order chi connectivity index (χ0) is 13.1. The number of carbonyl (C=O) groups is 2. The smallest absolute Gasteiger partial charge is 0.480 e. The largest absolute Gasteiger partial charge is 0.490 e. The van der Waals surface area contributed by atoms with Gasteiger partial charge in [0.2, 0.25) is 0 Å². The second-order valence-corrected chi connectivity index (χ2v) is 3.46. The van der Waals surface area contributed by atoms with Gasteiger partial charge in [-0.3, -0.25) is 4.79 Å². The summed E-state index contributed by atoms with van der Waals surface area (Å²) in [6.45, 7) is 1.96. The zero-order valence-electron chi connectivity index (χ0n) is 8.41. The molecule has 1 rings (SSSR count). The Bertz CT molecular complexity index is 291. The summed E-state index contributed by atoms with van der Waals surface area (Å²) < 4.78 is 31.7. The Hall–Kier alpha value is -1.31. The SMILES string of the molecule is CC[C@@H]1C[C@]1(N)C(=O)O.O=C(O)C(F)(F)F. The highest BCUT2D eigenvalue weighted by atomic mass is 19.4. The molecule has 0 aromatic rings. The molecule has 1 aliphatic rings. The van der Waals surface area contributed by atoms with Crippen LogP contribution in [-0.2, 0) is 9.59 Å². The molecule has 0 saturated heterocycles. The van der Waals surface area contributed by atoms with E-state index in [0.29, 0.717) is 6.42 Å². The molecular formula is C8H12F3NO4. The van der Waals surface area contributed by atoms with Crippen LogP contribution in [0.5, 0.6) is 0 Å². The third-order valence-electron chi connectivity index (χ3n) is 2.29. The molecule has 0 bridgehead atoms. The molecule has 1 saturated carbocycles. The quantitative estimate of drug-likeness (QED) is 0.666. The van der Waals surface area contributed by atoms with Gasteiger partial charge in [0.1, 0.15) is 5.54 Å². The highest BCUT2D eigenvalue weighted by Gasteiger charge is 2.56. The molecule has 5 nitrogen and oxygen atoms in total. The van der Waals surface area contributed by atoms with E-state index < -0.39 is 23.7 Å². The Kier molecular flexibility index (Phi) is 4.30. The molecule has 0 unspecified atom stereocenters. The van der Waals surface area contributed by atoms with Gasteiger partial charge in [-0.1, -0.05) is 13.3 Å². The van der Waals surface area contributed by atoms with E-state index in [1.165, 1.54) is 0 Å². The molecule has 0 aromatic carbocycles. The van der Waals surface area contributed by atoms with Crippen LogP contribution in [0.4, 0.5) is 13.2 Å². The van der Waals surface area contributed by atoms with Crippen molar-refractivity contribution in [1.29, 1.82) is 0 Å². The van der Waals surface area contributed by atoms with Crippen LogP contribution < -0.4 is 5.73 Å². The van der Waals surface area contributed by atoms with Gasteiger partial charge in [-0.25, -0.2) is 4.79 Å². The lowest BCUT2D eigenvalue weighted by Crippen LogP contribution is -2.34. The summed E-state index contributed by atoms with van der Waals surface area (Å²) >= 11 is 0. The first-order chi connectivity index (χ1) is 7.05. The Morgan fingerprint density at radius 3 is 1.88 bits per heavy atom. The number of carboxylic acids is 2. The predicted octanol–water partition coefficient (Wildman–Crippen LogP) is 0.832. The Morgan fingerprint density at radius 2 is 1.81 bits per heavy atom. The number of aliphatic carboxylic acids is 2. The van der Waals surface area contributed by atoms with Crippen LogP contribution >= 0.6 is 0 Å². The summed E-state index contributed by atoms with van der Waals surface area (Å²) in [4.78, 5) is 19.2. The number of halogens is 3. The Balaban J connectivity index is 0.000000293. The second-order valence-electron chi connectivity index (χ2n) is 3.46. The summed E-state index contributed by atoms with van der Waals surface area (Å²) in [6, 6.07) is 0. The highest BCUT2D eigenvalue weighted by molar-refractivity contribution is 5.82. The van der Waals surface area contributed by atoms with Crippen molar-refractivity contribution in [2.75, 3.05) is 0 Å². The molecule has 94 valence electrons. The van der Waals surface area contributed by atoms with E-state index in [1.807, 2.05) is 6.92 Å². The van der Waals surface area contributed by atoms with Crippen LogP contribution in [0.3, 0.4) is 0 Å². The summed E-state index contributed by atoms with van der Waals surface area (Å²) in [5.41, 5.74) is 4.58. The monoisotopic (exact) mass is 243 g/mol. The van der Waals surface area contributed by atoms with Gasteiger partial charge in [0, 0.05) is 0 Å². The topological polar surface area (TPSA) is 101 Å². The fourth-order valence-electron chi connectivity index (χ4n) is 1.12. The van der Waals surface area contributed by atoms with E-state index in [0.717, 1.165) is 6.42 Å². The minimum absolute atomic E-state index is 0.218. The number of rotatable bonds is 2. The van der Waals surface area contributed by atoms with E-state index in [2.05, 4.69) is 0 Å². The number of hydrogen-bond acceptors (Lipinski definition) is 3. The summed E-state index contributed by atoms with van der Waals surface area (Å²) in [7, 11) is 0. The maximum Gasteiger partial charge on any atom is 0.490 e. The maximum absolute atomic E-state index is 10.6. The van der Waals surface area contributed by atoms with E-state index >= 15 is 0 Å². The van der Waals surface area contributed by atoms with Gasteiger partial charge < -0.3 is 15.9 Å². The molecule has 0 aliphatic heterocycles. The third kappa shape index (κ3) is 3.69. The first kappa shape index (κ1) is 14.7. The lowest BCUT2D eigenvalue weighted by Gasteiger charge is -2.01. The average Bonchev–Trinajstić information content (AvgIpc) is 2.78. The van der Waals surface area contributed by atoms with E-state index in [4.69, 9.17) is 20.7 Å². The zero-order valence-corrected chi connectivity index (χ0v) is 8.41. The van der Waals surface area contributed by atoms with Crippen LogP contribution in [0.15, 0.2) is 0 Å². The van der Waals surface area contributed by atoms with Crippen molar-refractivity contribution in [1.82, 2.24) is 0 Å². The van der Waals surface area contributed by atoms with Crippen LogP contribution in [-0.4, -0.2) is 33.9 Å². The average molecular weight is 243 g/mol. The number of carboxylic acid groups (broad SMARTS) is 2. The normalized spacial score (nSPS) is 27.7. The lowest BCUT2D eigenvalue weighted by atomic mass is 10.2. The van der Waals surface area contributed by atoms with Crippen LogP contribution in [0.1, 0.15) is 19.8 Å². The fourth-order valence-corrected chi connectivity index (χ4v) is 1.12. The third-order valence-corrected chi connectivity index (χ3v) is 2.29. The van der Waals surface area contributed by atoms with Crippen LogP contribution in [0, 0.1) is 5.92 Å². The molecule has 2 atom stereocenters. The van der Waals surface area contributed by atoms with Gasteiger partial charge in [0.15, 0.2) is 0 Å². The lowest BCUT2D eigenvalue weighted by molar-refractivity contribution is -0.192. The van der Waals surface area contributed by atoms with Crippen LogP contribution in [0.2, 0.25) is 0 Å². The molecule has 8 heteroatoms. The molecule has 16 heavy (non-hydrogen) atoms. The molecule has 0 heterocycles. The number of alkyl halides is 3. The predicted molar refractivity (Wildman–Crippen MR) is 46.6 cm³/mol. The fraction of sp³-hybridized carbons (Fsp3) is 0.750. The van der Waals surface area contributed by atoms with E-state index in [1.54, 1.807) is 0 Å². The highest BCUT2D eigenvalue weighted by Crippen LogP contribution is 2.43. The van der Waals surface area contributed by atoms with Crippen molar-refractivity contribution in [2.24, 2.45) is 11.7 Å². The Morgan fingerprint density at radius 1 is 1.44 bits per heavy atom. The van der Waals surface area contributed by atoms with Crippen molar-refractivity contribution >= 4 is 11.9 Å². The van der Waals surface area contributed by atoms with E-state index in [-0.39, 0.29) is 5.92 Å². The molecule has 4 N–H and O–H groups in total. The molecule has 0 spiro atoms. The second kappa shape index (κ2) is 4.69. The number of nitrogens with two attached hydrogens (primary N) is 1. The molecule has 0 radical (unpaired) electrons. The van der Waals surface area contributed by atoms with Gasteiger partial charge in [-0.05, 0) is 12.3 Å². The van der Waals surface area contributed by atoms with Gasteiger partial charge in [0.25, 0.3) is 0 Å². The van der Waals surface area contributed by atoms with Gasteiger partial charge in [-0.15, -0.1) is 0 Å². The summed E-state index contributed by atoms with van der Waals surface area (Å²) in [6.07, 6.45) is -3.55. The molecule has 0 aromatic heterocycles. The Labute approximate surface area is 89.0 Å². The van der Waals surface area contributed by atoms with Crippen molar-refractivity contribution in [3.05, 3.63) is 0 Å². The van der Waals surface area contributed by atoms with Crippen molar-refractivity contribution in [3.63, 3.8) is 0 Å². The van der Waals surface area contributed by atoms with Gasteiger partial charge in [0.05, 0.1) is 0 Å². The molecule has 1 fully saturated rings. The van der Waals surface area contributed by atoms with Crippen LogP contribution in [0.25, 0.3) is 0 Å². The van der Waals surface area contributed by atoms with Gasteiger partial charge >= 0.3 is 18.1 Å². The maximum atomic E-state index is 10.6. The van der Waals surface area contributed by atoms with Crippen molar-refractivity contribution < 1.29 is 33.0 Å². The minimum Gasteiger partial charge on any atom is -0.480 e. The summed E-state index contributed by atoms with van der Waals surface area (Å²) in [5, 5.41) is 15.6. The van der Waals surface area contributed by atoms with Gasteiger partial charge in [-0.2, -0.15) is 13.2 Å². The molecule has 1 aliphatic carbocycles. The number of hydrogen-bond donors (Lipinski definition) is 3. The first-order valence-corrected chi connectivity index (χ1v) is 4.38. The van der Waals surface area contributed by atoms with Crippen molar-refractivity contribution in [2.45, 2.75) is 31.5 Å². The first-order valence-electron chi connectivity index (χ1n) is 4.38. The standard InChI is InChI=1S/C6H11NO2.C2HF3O2/c1-2-4-3-6(4,7)5(8)9;3-2(4,5)1(6)7/h4H,2-3,7H2,1H3,(H,8,9);(H,6,7)/t4-,6-;/m1./s1. The molecular weight excluding hydrogens is 231 g/mol. The minimum atomic E-state index is -5.08. The van der Waals surface area contributed by atoms with E-state index in [9.17, 15) is 18.0 Å². The summed E-state index contributed by atoms with van der Waals surface area (Å²) in [5.74, 6) is -3.39.